The van der Waals surface area contributed by atoms with Crippen LogP contribution in [0.2, 0.25) is 0 Å². The van der Waals surface area contributed by atoms with Crippen LogP contribution in [0.3, 0.4) is 0 Å². The Balaban J connectivity index is 1.56. The minimum Gasteiger partial charge on any atom is -0.493 e. The maximum Gasteiger partial charge on any atom is 0.242 e. The quantitative estimate of drug-likeness (QED) is 0.358. The second-order valence-corrected chi connectivity index (χ2v) is 9.43. The van der Waals surface area contributed by atoms with Crippen LogP contribution in [0.5, 0.6) is 23.1 Å². The molecular weight excluding hydrogens is 474 g/mol. The van der Waals surface area contributed by atoms with Gasteiger partial charge in [0.2, 0.25) is 17.2 Å². The third-order valence-electron chi connectivity index (χ3n) is 6.92. The molecule has 0 unspecified atom stereocenters. The van der Waals surface area contributed by atoms with E-state index in [1.54, 1.807) is 31.4 Å². The largest absolute Gasteiger partial charge is 0.493 e. The molecule has 2 heterocycles. The van der Waals surface area contributed by atoms with Gasteiger partial charge >= 0.3 is 0 Å². The average molecular weight is 512 g/mol. The summed E-state index contributed by atoms with van der Waals surface area (Å²) in [6.45, 7) is 4.55. The summed E-state index contributed by atoms with van der Waals surface area (Å²) in [7, 11) is 3.09. The highest BCUT2D eigenvalue weighted by Crippen LogP contribution is 2.39. The Morgan fingerprint density at radius 3 is 2.46 bits per heavy atom. The van der Waals surface area contributed by atoms with Gasteiger partial charge in [0, 0.05) is 11.6 Å². The van der Waals surface area contributed by atoms with Gasteiger partial charge in [0.1, 0.15) is 6.54 Å². The summed E-state index contributed by atoms with van der Waals surface area (Å²) in [6, 6.07) is 6.79. The zero-order valence-electron chi connectivity index (χ0n) is 22.2. The smallest absolute Gasteiger partial charge is 0.242 e. The molecule has 1 N–H and O–H groups in total. The van der Waals surface area contributed by atoms with Gasteiger partial charge in [0.05, 0.1) is 26.9 Å². The van der Waals surface area contributed by atoms with E-state index in [-0.39, 0.29) is 24.1 Å². The first kappa shape index (κ1) is 26.5. The van der Waals surface area contributed by atoms with Crippen LogP contribution in [0.1, 0.15) is 69.2 Å². The van der Waals surface area contributed by atoms with Gasteiger partial charge in [0.25, 0.3) is 0 Å². The van der Waals surface area contributed by atoms with Crippen molar-refractivity contribution in [2.24, 2.45) is 5.92 Å². The topological polar surface area (TPSA) is 113 Å². The number of ketones is 1. The van der Waals surface area contributed by atoms with E-state index in [4.69, 9.17) is 24.4 Å². The maximum absolute atomic E-state index is 13.3. The Bertz CT molecular complexity index is 1270. The van der Waals surface area contributed by atoms with E-state index in [1.807, 2.05) is 0 Å². The molecular formula is C27H37N5O5. The average Bonchev–Trinajstić information content (AvgIpc) is 3.24. The number of ether oxygens (including phenoxy) is 4. The summed E-state index contributed by atoms with van der Waals surface area (Å²) >= 11 is 0. The predicted molar refractivity (Wildman–Crippen MR) is 138 cm³/mol. The normalized spacial score (nSPS) is 14.2. The molecule has 1 aromatic carbocycles. The van der Waals surface area contributed by atoms with Crippen molar-refractivity contribution in [1.82, 2.24) is 19.4 Å². The van der Waals surface area contributed by atoms with E-state index in [0.717, 1.165) is 25.7 Å². The molecule has 4 rings (SSSR count). The lowest BCUT2D eigenvalue weighted by molar-refractivity contribution is 0.0964. The van der Waals surface area contributed by atoms with Gasteiger partial charge in [-0.2, -0.15) is 4.52 Å². The van der Waals surface area contributed by atoms with E-state index in [1.165, 1.54) is 35.6 Å². The van der Waals surface area contributed by atoms with Gasteiger partial charge < -0.3 is 18.9 Å². The van der Waals surface area contributed by atoms with Crippen LogP contribution in [0, 0.1) is 11.3 Å². The zero-order valence-corrected chi connectivity index (χ0v) is 22.2. The first-order valence-electron chi connectivity index (χ1n) is 13.1. The second-order valence-electron chi connectivity index (χ2n) is 9.43. The van der Waals surface area contributed by atoms with Crippen LogP contribution in [-0.2, 0) is 6.54 Å². The third kappa shape index (κ3) is 6.06. The molecule has 1 aliphatic rings. The van der Waals surface area contributed by atoms with Crippen LogP contribution in [-0.4, -0.2) is 52.1 Å². The molecule has 0 spiro atoms. The molecule has 0 saturated heterocycles. The maximum atomic E-state index is 13.3. The summed E-state index contributed by atoms with van der Waals surface area (Å²) < 4.78 is 25.8. The lowest BCUT2D eigenvalue weighted by Crippen LogP contribution is -2.26. The summed E-state index contributed by atoms with van der Waals surface area (Å²) in [6.07, 6.45) is 7.78. The molecule has 2 aromatic heterocycles. The molecule has 0 radical (unpaired) electrons. The molecule has 3 aromatic rings. The van der Waals surface area contributed by atoms with Gasteiger partial charge in [-0.05, 0) is 49.8 Å². The molecule has 0 bridgehead atoms. The highest BCUT2D eigenvalue weighted by atomic mass is 16.5. The highest BCUT2D eigenvalue weighted by Gasteiger charge is 2.21. The van der Waals surface area contributed by atoms with Gasteiger partial charge in [-0.15, -0.1) is 10.2 Å². The van der Waals surface area contributed by atoms with Crippen LogP contribution in [0.25, 0.3) is 5.65 Å². The van der Waals surface area contributed by atoms with Gasteiger partial charge in [0.15, 0.2) is 22.9 Å². The van der Waals surface area contributed by atoms with Crippen molar-refractivity contribution in [2.45, 2.75) is 71.4 Å². The summed E-state index contributed by atoms with van der Waals surface area (Å²) in [5.41, 5.74) is 0.831. The van der Waals surface area contributed by atoms with E-state index in [9.17, 15) is 4.79 Å². The second kappa shape index (κ2) is 12.1. The van der Waals surface area contributed by atoms with Crippen molar-refractivity contribution >= 4 is 11.4 Å². The number of carbonyl (C=O) groups is 1. The third-order valence-corrected chi connectivity index (χ3v) is 6.92. The first-order valence-corrected chi connectivity index (χ1v) is 13.1. The summed E-state index contributed by atoms with van der Waals surface area (Å²) in [5.74, 6) is 2.04. The van der Waals surface area contributed by atoms with Crippen molar-refractivity contribution in [3.05, 3.63) is 35.4 Å². The Kier molecular flexibility index (Phi) is 8.68. The van der Waals surface area contributed by atoms with Crippen molar-refractivity contribution in [1.29, 1.82) is 5.41 Å². The van der Waals surface area contributed by atoms with Crippen LogP contribution < -0.4 is 24.6 Å². The lowest BCUT2D eigenvalue weighted by Gasteiger charge is -2.23. The van der Waals surface area contributed by atoms with Crippen LogP contribution >= 0.6 is 0 Å². The molecule has 200 valence electrons. The zero-order chi connectivity index (χ0) is 26.4. The molecule has 1 saturated carbocycles. The number of fused-ring (bicyclic) bond motifs is 1. The first-order chi connectivity index (χ1) is 18.0. The van der Waals surface area contributed by atoms with Crippen molar-refractivity contribution < 1.29 is 23.7 Å². The number of benzene rings is 1. The molecule has 0 aliphatic heterocycles. The fraction of sp³-hybridized carbons (Fsp3) is 0.556. The number of nitrogens with zero attached hydrogens (tertiary/aromatic N) is 4. The van der Waals surface area contributed by atoms with Crippen molar-refractivity contribution in [2.75, 3.05) is 20.8 Å². The van der Waals surface area contributed by atoms with Gasteiger partial charge in [-0.1, -0.05) is 33.1 Å². The molecule has 37 heavy (non-hydrogen) atoms. The van der Waals surface area contributed by atoms with Crippen molar-refractivity contribution in [3.63, 3.8) is 0 Å². The highest BCUT2D eigenvalue weighted by molar-refractivity contribution is 5.97. The molecule has 10 heteroatoms. The number of aromatic nitrogens is 4. The lowest BCUT2D eigenvalue weighted by atomic mass is 9.90. The van der Waals surface area contributed by atoms with E-state index in [0.29, 0.717) is 46.9 Å². The monoisotopic (exact) mass is 511 g/mol. The Labute approximate surface area is 217 Å². The standard InChI is InChI=1S/C27H37N5O5/c1-5-20(6-2)37-25-13-12-24-29-31(27(28)32(24)30-25)16-21(33)19-14-22(34-3)26(35-4)23(15-19)36-17-18-10-8-7-9-11-18/h12-15,18,20,28H,5-11,16-17H2,1-4H3. The Hall–Kier alpha value is -3.56. The van der Waals surface area contributed by atoms with Crippen molar-refractivity contribution in [3.8, 4) is 23.1 Å². The molecule has 0 amide bonds. The fourth-order valence-corrected chi connectivity index (χ4v) is 4.70. The summed E-state index contributed by atoms with van der Waals surface area (Å²) in [4.78, 5) is 13.3. The minimum absolute atomic E-state index is 0.0207. The van der Waals surface area contributed by atoms with Crippen LogP contribution in [0.15, 0.2) is 24.3 Å². The molecule has 10 nitrogen and oxygen atoms in total. The van der Waals surface area contributed by atoms with Gasteiger partial charge in [-0.3, -0.25) is 10.2 Å². The number of hydrogen-bond acceptors (Lipinski definition) is 8. The predicted octanol–water partition coefficient (Wildman–Crippen LogP) is 4.44. The molecule has 1 aliphatic carbocycles. The number of Topliss-reactive ketones (excluding diaryl/α,β-unsaturated/α-hetero) is 1. The van der Waals surface area contributed by atoms with Gasteiger partial charge in [-0.25, -0.2) is 4.68 Å². The van der Waals surface area contributed by atoms with E-state index >= 15 is 0 Å². The summed E-state index contributed by atoms with van der Waals surface area (Å²) in [5, 5.41) is 17.3. The Morgan fingerprint density at radius 1 is 1.05 bits per heavy atom. The number of nitrogens with one attached hydrogen (secondary N) is 1. The number of rotatable bonds is 12. The molecule has 0 atom stereocenters. The van der Waals surface area contributed by atoms with E-state index in [2.05, 4.69) is 24.0 Å². The SMILES string of the molecule is CCC(CC)Oc1ccc2nn(CC(=O)c3cc(OC)c(OC)c(OCC4CCCCC4)c3)c(=N)n2n1. The molecule has 1 fully saturated rings. The Morgan fingerprint density at radius 2 is 1.78 bits per heavy atom. The fourth-order valence-electron chi connectivity index (χ4n) is 4.70. The number of hydrogen-bond donors (Lipinski definition) is 1. The van der Waals surface area contributed by atoms with Crippen LogP contribution in [0.4, 0.5) is 0 Å². The number of methoxy groups -OCH3 is 2. The minimum atomic E-state index is -0.237. The number of carbonyl (C=O) groups excluding carboxylic acids is 1. The van der Waals surface area contributed by atoms with E-state index < -0.39 is 0 Å².